The molecule has 0 radical (unpaired) electrons. The fraction of sp³-hybridized carbons (Fsp3) is 0.455. The second-order valence-corrected chi connectivity index (χ2v) is 11.0. The van der Waals surface area contributed by atoms with Gasteiger partial charge in [0.25, 0.3) is 0 Å². The van der Waals surface area contributed by atoms with Crippen molar-refractivity contribution in [2.75, 3.05) is 17.6 Å². The summed E-state index contributed by atoms with van der Waals surface area (Å²) < 4.78 is 31.8. The quantitative estimate of drug-likeness (QED) is 0.630. The predicted molar refractivity (Wildman–Crippen MR) is 71.0 cm³/mol. The van der Waals surface area contributed by atoms with Gasteiger partial charge in [0.2, 0.25) is 0 Å². The van der Waals surface area contributed by atoms with Gasteiger partial charge in [-0.25, -0.2) is 0 Å². The zero-order chi connectivity index (χ0) is 12.5. The molecule has 4 nitrogen and oxygen atoms in total. The average molecular weight is 317 g/mol. The molecule has 1 aliphatic heterocycles. The number of hydrogen-bond donors (Lipinski definition) is 2. The number of anilines is 1. The molecule has 1 saturated heterocycles. The van der Waals surface area contributed by atoms with Crippen LogP contribution in [-0.2, 0) is 10.1 Å². The van der Waals surface area contributed by atoms with Crippen molar-refractivity contribution in [2.24, 2.45) is 0 Å². The summed E-state index contributed by atoms with van der Waals surface area (Å²) in [5.41, 5.74) is 1.10. The first-order valence-electron chi connectivity index (χ1n) is 5.55. The van der Waals surface area contributed by atoms with Gasteiger partial charge in [0.15, 0.2) is 0 Å². The Kier molecular flexibility index (Phi) is 3.81. The van der Waals surface area contributed by atoms with E-state index in [9.17, 15) is 8.42 Å². The van der Waals surface area contributed by atoms with Crippen molar-refractivity contribution in [3.63, 3.8) is 0 Å². The molecule has 17 heavy (non-hydrogen) atoms. The topological polar surface area (TPSA) is 66.4 Å². The van der Waals surface area contributed by atoms with E-state index in [4.69, 9.17) is 4.55 Å². The van der Waals surface area contributed by atoms with Gasteiger partial charge in [0.05, 0.1) is 0 Å². The van der Waals surface area contributed by atoms with E-state index in [0.29, 0.717) is 0 Å². The molecular formula is C11H16AsNO3S. The van der Waals surface area contributed by atoms with Gasteiger partial charge in [-0.3, -0.25) is 0 Å². The first-order chi connectivity index (χ1) is 7.99. The van der Waals surface area contributed by atoms with E-state index >= 15 is 0 Å². The van der Waals surface area contributed by atoms with E-state index in [0.717, 1.165) is 17.4 Å². The van der Waals surface area contributed by atoms with Crippen molar-refractivity contribution < 1.29 is 13.0 Å². The molecule has 94 valence electrons. The summed E-state index contributed by atoms with van der Waals surface area (Å²) in [6.45, 7) is 2.94. The summed E-state index contributed by atoms with van der Waals surface area (Å²) in [6, 6.07) is 8.25. The van der Waals surface area contributed by atoms with Crippen LogP contribution in [0.3, 0.4) is 0 Å². The van der Waals surface area contributed by atoms with E-state index in [1.807, 2.05) is 19.1 Å². The summed E-state index contributed by atoms with van der Waals surface area (Å²) in [4.78, 5) is 0. The standard InChI is InChI=1S/C11H16AsNO3S/c1-2-13-11-5-3-9(4-6-11)12-7-10(12)8-17(14,15)16/h3-6,10,13H,2,7-8H2,1H3,(H,14,15,16). The summed E-state index contributed by atoms with van der Waals surface area (Å²) in [5.74, 6) is -0.0536. The molecule has 2 atom stereocenters. The van der Waals surface area contributed by atoms with Gasteiger partial charge in [-0.15, -0.1) is 0 Å². The van der Waals surface area contributed by atoms with Crippen LogP contribution in [0.5, 0.6) is 0 Å². The van der Waals surface area contributed by atoms with Crippen LogP contribution in [0.1, 0.15) is 6.92 Å². The summed E-state index contributed by atoms with van der Waals surface area (Å²) in [7, 11) is -3.79. The van der Waals surface area contributed by atoms with E-state index in [2.05, 4.69) is 17.4 Å². The Morgan fingerprint density at radius 2 is 2.06 bits per heavy atom. The minimum atomic E-state index is -3.79. The molecule has 2 unspecified atom stereocenters. The fourth-order valence-corrected chi connectivity index (χ4v) is 9.70. The fourth-order valence-electron chi connectivity index (χ4n) is 1.86. The maximum atomic E-state index is 10.8. The van der Waals surface area contributed by atoms with Gasteiger partial charge in [0.1, 0.15) is 0 Å². The van der Waals surface area contributed by atoms with Crippen molar-refractivity contribution in [1.82, 2.24) is 0 Å². The van der Waals surface area contributed by atoms with Gasteiger partial charge >= 0.3 is 106 Å². The molecule has 0 amide bonds. The van der Waals surface area contributed by atoms with E-state index in [1.54, 1.807) is 0 Å². The maximum absolute atomic E-state index is 10.8. The van der Waals surface area contributed by atoms with Crippen LogP contribution in [0.15, 0.2) is 24.3 Å². The Labute approximate surface area is 106 Å². The molecule has 1 heterocycles. The van der Waals surface area contributed by atoms with Crippen LogP contribution in [0.25, 0.3) is 0 Å². The second-order valence-electron chi connectivity index (χ2n) is 4.13. The number of benzene rings is 1. The molecule has 2 rings (SSSR count). The predicted octanol–water partition coefficient (Wildman–Crippen LogP) is 1.09. The Bertz CT molecular complexity index is 486. The van der Waals surface area contributed by atoms with Crippen molar-refractivity contribution in [3.8, 4) is 0 Å². The third-order valence-electron chi connectivity index (χ3n) is 2.70. The van der Waals surface area contributed by atoms with Gasteiger partial charge < -0.3 is 0 Å². The SMILES string of the molecule is CCNc1ccc([As]2CC2CS(=O)(=O)O)cc1. The normalized spacial score (nSPS) is 23.4. The van der Waals surface area contributed by atoms with E-state index in [-0.39, 0.29) is 10.5 Å². The van der Waals surface area contributed by atoms with Gasteiger partial charge in [-0.2, -0.15) is 0 Å². The molecule has 0 spiro atoms. The van der Waals surface area contributed by atoms with Crippen LogP contribution in [0.4, 0.5) is 5.69 Å². The molecule has 0 aliphatic carbocycles. The van der Waals surface area contributed by atoms with Crippen molar-refractivity contribution >= 4 is 34.8 Å². The minimum absolute atomic E-state index is 0.0536. The molecule has 1 aliphatic rings. The van der Waals surface area contributed by atoms with Crippen LogP contribution in [0.2, 0.25) is 9.91 Å². The summed E-state index contributed by atoms with van der Waals surface area (Å²) in [6.07, 6.45) is 0. The first kappa shape index (κ1) is 12.9. The van der Waals surface area contributed by atoms with Crippen molar-refractivity contribution in [3.05, 3.63) is 24.3 Å². The van der Waals surface area contributed by atoms with Crippen molar-refractivity contribution in [2.45, 2.75) is 16.8 Å². The van der Waals surface area contributed by atoms with Gasteiger partial charge in [-0.05, 0) is 0 Å². The average Bonchev–Trinajstić information content (AvgIpc) is 2.96. The first-order valence-corrected chi connectivity index (χ1v) is 10.5. The Morgan fingerprint density at radius 1 is 1.41 bits per heavy atom. The van der Waals surface area contributed by atoms with Crippen LogP contribution in [0, 0.1) is 0 Å². The number of rotatable bonds is 5. The summed E-state index contributed by atoms with van der Waals surface area (Å²) in [5, 5.41) is 4.22. The zero-order valence-electron chi connectivity index (χ0n) is 9.63. The van der Waals surface area contributed by atoms with E-state index < -0.39 is 24.8 Å². The zero-order valence-corrected chi connectivity index (χ0v) is 12.3. The second kappa shape index (κ2) is 5.00. The molecule has 0 saturated carbocycles. The van der Waals surface area contributed by atoms with Crippen molar-refractivity contribution in [1.29, 1.82) is 0 Å². The number of nitrogens with one attached hydrogen (secondary N) is 1. The molecule has 0 aromatic heterocycles. The van der Waals surface area contributed by atoms with Crippen LogP contribution >= 0.6 is 0 Å². The third-order valence-corrected chi connectivity index (χ3v) is 9.46. The molecule has 0 bridgehead atoms. The van der Waals surface area contributed by atoms with Crippen LogP contribution < -0.4 is 9.67 Å². The monoisotopic (exact) mass is 317 g/mol. The van der Waals surface area contributed by atoms with Gasteiger partial charge in [-0.1, -0.05) is 0 Å². The molecular weight excluding hydrogens is 301 g/mol. The number of hydrogen-bond acceptors (Lipinski definition) is 3. The Balaban J connectivity index is 1.97. The van der Waals surface area contributed by atoms with Gasteiger partial charge in [0, 0.05) is 0 Å². The van der Waals surface area contributed by atoms with Crippen LogP contribution in [-0.4, -0.2) is 39.9 Å². The molecule has 1 aromatic carbocycles. The third kappa shape index (κ3) is 3.73. The molecule has 1 aromatic rings. The molecule has 6 heteroatoms. The molecule has 1 fully saturated rings. The van der Waals surface area contributed by atoms with E-state index in [1.165, 1.54) is 4.35 Å². The summed E-state index contributed by atoms with van der Waals surface area (Å²) >= 11 is -1.17. The Hall–Kier alpha value is -0.512. The molecule has 2 N–H and O–H groups in total. The Morgan fingerprint density at radius 3 is 2.59 bits per heavy atom.